The summed E-state index contributed by atoms with van der Waals surface area (Å²) in [6, 6.07) is 7.20. The molecule has 1 saturated carbocycles. The molecule has 5 heteroatoms. The second-order valence-electron chi connectivity index (χ2n) is 5.93. The number of aliphatic carboxylic acids is 1. The number of amides is 2. The fourth-order valence-electron chi connectivity index (χ4n) is 2.26. The second-order valence-corrected chi connectivity index (χ2v) is 5.93. The Kier molecular flexibility index (Phi) is 3.97. The number of carbonyl (C=O) groups excluding carboxylic acids is 1. The molecule has 1 aromatic carbocycles. The largest absolute Gasteiger partial charge is 0.479 e. The number of carbonyl (C=O) groups is 2. The third-order valence-electron chi connectivity index (χ3n) is 3.88. The second kappa shape index (κ2) is 5.53. The molecule has 2 atom stereocenters. The molecule has 2 amide bonds. The van der Waals surface area contributed by atoms with E-state index in [1.54, 1.807) is 30.3 Å². The molecular weight excluding hydrogens is 256 g/mol. The van der Waals surface area contributed by atoms with Crippen LogP contribution in [0.25, 0.3) is 0 Å². The topological polar surface area (TPSA) is 78.4 Å². The molecule has 1 aliphatic rings. The van der Waals surface area contributed by atoms with E-state index in [4.69, 9.17) is 0 Å². The monoisotopic (exact) mass is 276 g/mol. The average Bonchev–Trinajstić information content (AvgIpc) is 3.02. The number of hydrogen-bond donors (Lipinski definition) is 3. The summed E-state index contributed by atoms with van der Waals surface area (Å²) in [6.45, 7) is 4.89. The van der Waals surface area contributed by atoms with E-state index in [-0.39, 0.29) is 0 Å². The van der Waals surface area contributed by atoms with Crippen molar-refractivity contribution in [1.82, 2.24) is 10.6 Å². The van der Waals surface area contributed by atoms with Crippen LogP contribution in [0.3, 0.4) is 0 Å². The highest BCUT2D eigenvalue weighted by Gasteiger charge is 2.45. The van der Waals surface area contributed by atoms with Gasteiger partial charge >= 0.3 is 12.0 Å². The highest BCUT2D eigenvalue weighted by molar-refractivity contribution is 5.83. The Hall–Kier alpha value is -2.04. The van der Waals surface area contributed by atoms with Gasteiger partial charge in [0.05, 0.1) is 0 Å². The van der Waals surface area contributed by atoms with Gasteiger partial charge in [0.2, 0.25) is 0 Å². The Morgan fingerprint density at radius 2 is 1.95 bits per heavy atom. The van der Waals surface area contributed by atoms with Gasteiger partial charge in [0.25, 0.3) is 0 Å². The highest BCUT2D eigenvalue weighted by Crippen LogP contribution is 2.50. The highest BCUT2D eigenvalue weighted by atomic mass is 16.4. The van der Waals surface area contributed by atoms with Crippen molar-refractivity contribution < 1.29 is 14.7 Å². The first kappa shape index (κ1) is 14.4. The molecule has 20 heavy (non-hydrogen) atoms. The van der Waals surface area contributed by atoms with Gasteiger partial charge in [0.1, 0.15) is 0 Å². The van der Waals surface area contributed by atoms with E-state index >= 15 is 0 Å². The van der Waals surface area contributed by atoms with Gasteiger partial charge in [-0.3, -0.25) is 0 Å². The molecule has 0 heterocycles. The van der Waals surface area contributed by atoms with Gasteiger partial charge in [-0.15, -0.1) is 0 Å². The quantitative estimate of drug-likeness (QED) is 0.771. The van der Waals surface area contributed by atoms with E-state index < -0.39 is 18.0 Å². The summed E-state index contributed by atoms with van der Waals surface area (Å²) >= 11 is 0. The number of rotatable bonds is 5. The Labute approximate surface area is 118 Å². The van der Waals surface area contributed by atoms with Crippen LogP contribution in [0, 0.1) is 11.3 Å². The lowest BCUT2D eigenvalue weighted by Gasteiger charge is -2.15. The van der Waals surface area contributed by atoms with Gasteiger partial charge in [-0.1, -0.05) is 44.2 Å². The van der Waals surface area contributed by atoms with Crippen molar-refractivity contribution in [2.24, 2.45) is 11.3 Å². The molecule has 108 valence electrons. The van der Waals surface area contributed by atoms with Crippen LogP contribution in [-0.2, 0) is 4.79 Å². The summed E-state index contributed by atoms with van der Waals surface area (Å²) in [5.41, 5.74) is 0.848. The Morgan fingerprint density at radius 3 is 2.45 bits per heavy atom. The first-order valence-corrected chi connectivity index (χ1v) is 6.72. The van der Waals surface area contributed by atoms with Gasteiger partial charge in [-0.05, 0) is 23.3 Å². The van der Waals surface area contributed by atoms with E-state index in [9.17, 15) is 14.7 Å². The van der Waals surface area contributed by atoms with Crippen molar-refractivity contribution in [2.75, 3.05) is 6.54 Å². The number of hydrogen-bond acceptors (Lipinski definition) is 2. The van der Waals surface area contributed by atoms with Crippen molar-refractivity contribution >= 4 is 12.0 Å². The van der Waals surface area contributed by atoms with Crippen molar-refractivity contribution in [3.05, 3.63) is 35.9 Å². The molecule has 2 rings (SSSR count). The van der Waals surface area contributed by atoms with E-state index in [0.29, 0.717) is 23.4 Å². The molecule has 2 unspecified atom stereocenters. The zero-order valence-electron chi connectivity index (χ0n) is 11.7. The lowest BCUT2D eigenvalue weighted by Crippen LogP contribution is -2.41. The van der Waals surface area contributed by atoms with Crippen LogP contribution in [0.1, 0.15) is 31.9 Å². The van der Waals surface area contributed by atoms with Crippen molar-refractivity contribution in [3.8, 4) is 0 Å². The van der Waals surface area contributed by atoms with Crippen molar-refractivity contribution in [1.29, 1.82) is 0 Å². The van der Waals surface area contributed by atoms with Crippen LogP contribution in [0.5, 0.6) is 0 Å². The predicted molar refractivity (Wildman–Crippen MR) is 75.2 cm³/mol. The van der Waals surface area contributed by atoms with Crippen molar-refractivity contribution in [2.45, 2.75) is 26.3 Å². The average molecular weight is 276 g/mol. The maximum Gasteiger partial charge on any atom is 0.330 e. The number of urea groups is 1. The maximum absolute atomic E-state index is 11.8. The minimum atomic E-state index is -1.07. The number of carboxylic acids is 1. The lowest BCUT2D eigenvalue weighted by molar-refractivity contribution is -0.139. The van der Waals surface area contributed by atoms with Crippen molar-refractivity contribution in [3.63, 3.8) is 0 Å². The van der Waals surface area contributed by atoms with Gasteiger partial charge in [-0.2, -0.15) is 0 Å². The molecule has 0 aliphatic heterocycles. The molecule has 5 nitrogen and oxygen atoms in total. The first-order chi connectivity index (χ1) is 9.40. The molecule has 1 fully saturated rings. The molecular formula is C15H20N2O3. The summed E-state index contributed by atoms with van der Waals surface area (Å²) in [6.07, 6.45) is 1.09. The standard InChI is InChI=1S/C15H20N2O3/c1-15(2)8-11(15)9-16-14(20)17-12(13(18)19)10-6-4-3-5-7-10/h3-7,11-12H,8-9H2,1-2H3,(H,18,19)(H2,16,17,20). The molecule has 0 aromatic heterocycles. The zero-order chi connectivity index (χ0) is 14.8. The van der Waals surface area contributed by atoms with Gasteiger partial charge in [-0.25, -0.2) is 9.59 Å². The minimum Gasteiger partial charge on any atom is -0.479 e. The minimum absolute atomic E-state index is 0.291. The summed E-state index contributed by atoms with van der Waals surface area (Å²) in [5, 5.41) is 14.4. The molecule has 3 N–H and O–H groups in total. The third-order valence-corrected chi connectivity index (χ3v) is 3.88. The molecule has 0 spiro atoms. The SMILES string of the molecule is CC1(C)CC1CNC(=O)NC(C(=O)O)c1ccccc1. The number of carboxylic acid groups (broad SMARTS) is 1. The summed E-state index contributed by atoms with van der Waals surface area (Å²) < 4.78 is 0. The van der Waals surface area contributed by atoms with Crippen LogP contribution >= 0.6 is 0 Å². The fourth-order valence-corrected chi connectivity index (χ4v) is 2.26. The predicted octanol–water partition coefficient (Wildman–Crippen LogP) is 2.16. The Balaban J connectivity index is 1.89. The van der Waals surface area contributed by atoms with E-state index in [1.807, 2.05) is 0 Å². The summed E-state index contributed by atoms with van der Waals surface area (Å²) in [5.74, 6) is -0.591. The number of benzene rings is 1. The normalized spacial score (nSPS) is 20.8. The first-order valence-electron chi connectivity index (χ1n) is 6.72. The van der Waals surface area contributed by atoms with E-state index in [0.717, 1.165) is 6.42 Å². The molecule has 0 saturated heterocycles. The van der Waals surface area contributed by atoms with Crippen LogP contribution in [0.2, 0.25) is 0 Å². The van der Waals surface area contributed by atoms with E-state index in [2.05, 4.69) is 24.5 Å². The molecule has 0 bridgehead atoms. The molecule has 1 aliphatic carbocycles. The molecule has 0 radical (unpaired) electrons. The Morgan fingerprint density at radius 1 is 1.35 bits per heavy atom. The zero-order valence-corrected chi connectivity index (χ0v) is 11.7. The lowest BCUT2D eigenvalue weighted by atomic mass is 10.1. The smallest absolute Gasteiger partial charge is 0.330 e. The van der Waals surface area contributed by atoms with Gasteiger partial charge in [0.15, 0.2) is 6.04 Å². The fraction of sp³-hybridized carbons (Fsp3) is 0.467. The van der Waals surface area contributed by atoms with Gasteiger partial charge < -0.3 is 15.7 Å². The summed E-state index contributed by atoms with van der Waals surface area (Å²) in [4.78, 5) is 23.0. The van der Waals surface area contributed by atoms with Crippen LogP contribution in [0.15, 0.2) is 30.3 Å². The maximum atomic E-state index is 11.8. The van der Waals surface area contributed by atoms with Crippen LogP contribution in [-0.4, -0.2) is 23.7 Å². The molecule has 1 aromatic rings. The van der Waals surface area contributed by atoms with Crippen LogP contribution < -0.4 is 10.6 Å². The Bertz CT molecular complexity index is 499. The number of nitrogens with one attached hydrogen (secondary N) is 2. The summed E-state index contributed by atoms with van der Waals surface area (Å²) in [7, 11) is 0. The van der Waals surface area contributed by atoms with Crippen LogP contribution in [0.4, 0.5) is 4.79 Å². The third kappa shape index (κ3) is 3.50. The van der Waals surface area contributed by atoms with E-state index in [1.165, 1.54) is 0 Å². The van der Waals surface area contributed by atoms with Gasteiger partial charge in [0, 0.05) is 6.54 Å².